The average Bonchev–Trinajstić information content (AvgIpc) is 3.38. The Morgan fingerprint density at radius 3 is 2.66 bits per heavy atom. The van der Waals surface area contributed by atoms with Crippen molar-refractivity contribution >= 4 is 29.0 Å². The Labute approximate surface area is 198 Å². The zero-order valence-corrected chi connectivity index (χ0v) is 20.2. The SMILES string of the molecule is CC(c1nccs1)N(C)Cc1cc(-c2ccccc2)ccc1OCC(=O)N1CCSCC1. The van der Waals surface area contributed by atoms with E-state index in [-0.39, 0.29) is 18.6 Å². The van der Waals surface area contributed by atoms with Gasteiger partial charge in [-0.2, -0.15) is 11.8 Å². The molecule has 1 atom stereocenters. The summed E-state index contributed by atoms with van der Waals surface area (Å²) in [4.78, 5) is 21.3. The highest BCUT2D eigenvalue weighted by molar-refractivity contribution is 7.99. The monoisotopic (exact) mass is 467 g/mol. The quantitative estimate of drug-likeness (QED) is 0.469. The third-order valence-corrected chi connectivity index (χ3v) is 7.66. The predicted molar refractivity (Wildman–Crippen MR) is 133 cm³/mol. The second kappa shape index (κ2) is 11.0. The molecular weight excluding hydrogens is 438 g/mol. The van der Waals surface area contributed by atoms with Crippen molar-refractivity contribution in [2.24, 2.45) is 0 Å². The normalized spacial score (nSPS) is 15.0. The second-order valence-electron chi connectivity index (χ2n) is 7.93. The van der Waals surface area contributed by atoms with Crippen LogP contribution in [0, 0.1) is 0 Å². The number of rotatable bonds is 8. The van der Waals surface area contributed by atoms with Gasteiger partial charge in [-0.15, -0.1) is 11.3 Å². The molecule has 1 aromatic heterocycles. The molecule has 1 saturated heterocycles. The van der Waals surface area contributed by atoms with Gasteiger partial charge in [-0.1, -0.05) is 36.4 Å². The molecule has 2 heterocycles. The minimum absolute atomic E-state index is 0.0629. The molecule has 0 spiro atoms. The number of thiazole rings is 1. The molecule has 1 unspecified atom stereocenters. The van der Waals surface area contributed by atoms with Gasteiger partial charge in [0.05, 0.1) is 6.04 Å². The number of amides is 1. The summed E-state index contributed by atoms with van der Waals surface area (Å²) in [5.74, 6) is 2.83. The predicted octanol–water partition coefficient (Wildman–Crippen LogP) is 4.96. The summed E-state index contributed by atoms with van der Waals surface area (Å²) < 4.78 is 6.08. The van der Waals surface area contributed by atoms with Gasteiger partial charge in [-0.3, -0.25) is 9.69 Å². The summed E-state index contributed by atoms with van der Waals surface area (Å²) in [7, 11) is 2.10. The molecule has 0 bridgehead atoms. The lowest BCUT2D eigenvalue weighted by Gasteiger charge is -2.27. The minimum atomic E-state index is 0.0629. The van der Waals surface area contributed by atoms with Crippen molar-refractivity contribution in [2.45, 2.75) is 19.5 Å². The van der Waals surface area contributed by atoms with Gasteiger partial charge in [0.15, 0.2) is 6.61 Å². The fourth-order valence-corrected chi connectivity index (χ4v) is 5.40. The maximum atomic E-state index is 12.6. The molecule has 1 aliphatic rings. The molecule has 1 aliphatic heterocycles. The first-order valence-corrected chi connectivity index (χ1v) is 12.9. The topological polar surface area (TPSA) is 45.7 Å². The van der Waals surface area contributed by atoms with Crippen LogP contribution in [0.1, 0.15) is 23.5 Å². The van der Waals surface area contributed by atoms with Crippen LogP contribution in [0.3, 0.4) is 0 Å². The van der Waals surface area contributed by atoms with Crippen LogP contribution >= 0.6 is 23.1 Å². The molecule has 1 fully saturated rings. The van der Waals surface area contributed by atoms with Gasteiger partial charge >= 0.3 is 0 Å². The van der Waals surface area contributed by atoms with Crippen LogP contribution in [-0.2, 0) is 11.3 Å². The Morgan fingerprint density at radius 1 is 1.16 bits per heavy atom. The number of nitrogens with zero attached hydrogens (tertiary/aromatic N) is 3. The number of thioether (sulfide) groups is 1. The largest absolute Gasteiger partial charge is 0.483 e. The highest BCUT2D eigenvalue weighted by atomic mass is 32.2. The zero-order valence-electron chi connectivity index (χ0n) is 18.6. The first-order valence-electron chi connectivity index (χ1n) is 10.9. The van der Waals surface area contributed by atoms with Crippen molar-refractivity contribution in [3.8, 4) is 16.9 Å². The van der Waals surface area contributed by atoms with Crippen molar-refractivity contribution < 1.29 is 9.53 Å². The van der Waals surface area contributed by atoms with Crippen LogP contribution in [0.25, 0.3) is 11.1 Å². The van der Waals surface area contributed by atoms with E-state index < -0.39 is 0 Å². The summed E-state index contributed by atoms with van der Waals surface area (Å²) in [5, 5.41) is 3.10. The molecule has 5 nitrogen and oxygen atoms in total. The third-order valence-electron chi connectivity index (χ3n) is 5.77. The van der Waals surface area contributed by atoms with E-state index in [1.54, 1.807) is 11.3 Å². The van der Waals surface area contributed by atoms with Crippen molar-refractivity contribution in [3.63, 3.8) is 0 Å². The van der Waals surface area contributed by atoms with E-state index in [0.29, 0.717) is 6.54 Å². The fourth-order valence-electron chi connectivity index (χ4n) is 3.73. The van der Waals surface area contributed by atoms with Gasteiger partial charge in [0.1, 0.15) is 10.8 Å². The van der Waals surface area contributed by atoms with E-state index in [1.165, 1.54) is 0 Å². The van der Waals surface area contributed by atoms with Crippen LogP contribution in [0.2, 0.25) is 0 Å². The summed E-state index contributed by atoms with van der Waals surface area (Å²) >= 11 is 3.56. The van der Waals surface area contributed by atoms with Gasteiger partial charge in [0.2, 0.25) is 0 Å². The summed E-state index contributed by atoms with van der Waals surface area (Å²) in [5.41, 5.74) is 3.37. The Morgan fingerprint density at radius 2 is 1.94 bits per heavy atom. The Bertz CT molecular complexity index is 1010. The third kappa shape index (κ3) is 5.71. The standard InChI is InChI=1S/C25H29N3O2S2/c1-19(25-26-10-13-32-25)27(2)17-22-16-21(20-6-4-3-5-7-20)8-9-23(22)30-18-24(29)28-11-14-31-15-12-28/h3-10,13,16,19H,11-12,14-15,17-18H2,1-2H3. The van der Waals surface area contributed by atoms with Gasteiger partial charge < -0.3 is 9.64 Å². The summed E-state index contributed by atoms with van der Waals surface area (Å²) in [6.45, 7) is 4.55. The van der Waals surface area contributed by atoms with Crippen LogP contribution in [0.15, 0.2) is 60.1 Å². The number of carbonyl (C=O) groups is 1. The van der Waals surface area contributed by atoms with E-state index in [0.717, 1.165) is 52.0 Å². The Hall–Kier alpha value is -2.35. The van der Waals surface area contributed by atoms with Crippen LogP contribution in [-0.4, -0.2) is 58.9 Å². The smallest absolute Gasteiger partial charge is 0.260 e. The highest BCUT2D eigenvalue weighted by Crippen LogP contribution is 2.30. The van der Waals surface area contributed by atoms with Gasteiger partial charge in [-0.25, -0.2) is 4.98 Å². The molecule has 32 heavy (non-hydrogen) atoms. The van der Waals surface area contributed by atoms with E-state index in [2.05, 4.69) is 48.1 Å². The van der Waals surface area contributed by atoms with E-state index in [1.807, 2.05) is 52.5 Å². The summed E-state index contributed by atoms with van der Waals surface area (Å²) in [6, 6.07) is 16.8. The van der Waals surface area contributed by atoms with Crippen molar-refractivity contribution in [1.29, 1.82) is 0 Å². The number of hydrogen-bond donors (Lipinski definition) is 0. The summed E-state index contributed by atoms with van der Waals surface area (Å²) in [6.07, 6.45) is 1.85. The lowest BCUT2D eigenvalue weighted by Crippen LogP contribution is -2.40. The number of aromatic nitrogens is 1. The molecule has 0 radical (unpaired) electrons. The highest BCUT2D eigenvalue weighted by Gasteiger charge is 2.20. The van der Waals surface area contributed by atoms with Crippen molar-refractivity contribution in [3.05, 3.63) is 70.7 Å². The molecule has 1 amide bonds. The molecular formula is C25H29N3O2S2. The molecule has 0 saturated carbocycles. The lowest BCUT2D eigenvalue weighted by molar-refractivity contribution is -0.133. The maximum absolute atomic E-state index is 12.6. The molecule has 0 N–H and O–H groups in total. The van der Waals surface area contributed by atoms with Gasteiger partial charge in [0, 0.05) is 48.3 Å². The Kier molecular flexibility index (Phi) is 7.84. The molecule has 4 rings (SSSR count). The number of hydrogen-bond acceptors (Lipinski definition) is 6. The molecule has 0 aliphatic carbocycles. The van der Waals surface area contributed by atoms with Gasteiger partial charge in [-0.05, 0) is 37.2 Å². The minimum Gasteiger partial charge on any atom is -0.483 e. The maximum Gasteiger partial charge on any atom is 0.260 e. The molecule has 7 heteroatoms. The van der Waals surface area contributed by atoms with Crippen molar-refractivity contribution in [2.75, 3.05) is 38.2 Å². The van der Waals surface area contributed by atoms with Crippen LogP contribution in [0.5, 0.6) is 5.75 Å². The average molecular weight is 468 g/mol. The number of carbonyl (C=O) groups excluding carboxylic acids is 1. The van der Waals surface area contributed by atoms with E-state index >= 15 is 0 Å². The molecule has 2 aromatic carbocycles. The van der Waals surface area contributed by atoms with E-state index in [9.17, 15) is 4.79 Å². The Balaban J connectivity index is 1.53. The fraction of sp³-hybridized carbons (Fsp3) is 0.360. The van der Waals surface area contributed by atoms with E-state index in [4.69, 9.17) is 4.74 Å². The van der Waals surface area contributed by atoms with Crippen molar-refractivity contribution in [1.82, 2.24) is 14.8 Å². The second-order valence-corrected chi connectivity index (χ2v) is 10.1. The van der Waals surface area contributed by atoms with Gasteiger partial charge in [0.25, 0.3) is 5.91 Å². The zero-order chi connectivity index (χ0) is 22.3. The first kappa shape index (κ1) is 22.8. The number of ether oxygens (including phenoxy) is 1. The van der Waals surface area contributed by atoms with Crippen LogP contribution < -0.4 is 4.74 Å². The molecule has 3 aromatic rings. The first-order chi connectivity index (χ1) is 15.6. The lowest BCUT2D eigenvalue weighted by atomic mass is 10.0. The number of benzene rings is 2. The molecule has 168 valence electrons. The van der Waals surface area contributed by atoms with Crippen LogP contribution in [0.4, 0.5) is 0 Å².